The van der Waals surface area contributed by atoms with Crippen molar-refractivity contribution in [2.75, 3.05) is 0 Å². The van der Waals surface area contributed by atoms with E-state index in [1.54, 1.807) is 0 Å². The zero-order chi connectivity index (χ0) is 11.8. The van der Waals surface area contributed by atoms with Crippen LogP contribution in [0.25, 0.3) is 21.9 Å². The Labute approximate surface area is 101 Å². The van der Waals surface area contributed by atoms with Gasteiger partial charge in [0.25, 0.3) is 0 Å². The van der Waals surface area contributed by atoms with Crippen LogP contribution in [0.15, 0.2) is 52.9 Å². The molecule has 0 amide bonds. The van der Waals surface area contributed by atoms with Crippen molar-refractivity contribution in [3.8, 4) is 11.1 Å². The SMILES string of the molecule is Cc1cc(-c2ccc3ccccc3c2)c(C)o1. The van der Waals surface area contributed by atoms with Gasteiger partial charge in [-0.1, -0.05) is 36.4 Å². The lowest BCUT2D eigenvalue weighted by Crippen LogP contribution is -1.78. The zero-order valence-electron chi connectivity index (χ0n) is 10.0. The highest BCUT2D eigenvalue weighted by Gasteiger charge is 2.07. The van der Waals surface area contributed by atoms with Crippen molar-refractivity contribution in [3.63, 3.8) is 0 Å². The molecule has 3 rings (SSSR count). The van der Waals surface area contributed by atoms with Crippen LogP contribution in [0.1, 0.15) is 11.5 Å². The molecule has 0 aliphatic rings. The van der Waals surface area contributed by atoms with Crippen molar-refractivity contribution in [2.24, 2.45) is 0 Å². The summed E-state index contributed by atoms with van der Waals surface area (Å²) < 4.78 is 5.58. The van der Waals surface area contributed by atoms with Gasteiger partial charge in [-0.3, -0.25) is 0 Å². The summed E-state index contributed by atoms with van der Waals surface area (Å²) in [6, 6.07) is 17.0. The van der Waals surface area contributed by atoms with Gasteiger partial charge >= 0.3 is 0 Å². The summed E-state index contributed by atoms with van der Waals surface area (Å²) in [4.78, 5) is 0. The summed E-state index contributed by atoms with van der Waals surface area (Å²) in [7, 11) is 0. The maximum atomic E-state index is 5.58. The smallest absolute Gasteiger partial charge is 0.108 e. The maximum Gasteiger partial charge on any atom is 0.108 e. The predicted molar refractivity (Wildman–Crippen MR) is 71.1 cm³/mol. The van der Waals surface area contributed by atoms with Gasteiger partial charge in [-0.25, -0.2) is 0 Å². The van der Waals surface area contributed by atoms with Gasteiger partial charge in [0.15, 0.2) is 0 Å². The Kier molecular flexibility index (Phi) is 2.25. The second-order valence-corrected chi connectivity index (χ2v) is 4.39. The van der Waals surface area contributed by atoms with Crippen LogP contribution in [0.5, 0.6) is 0 Å². The quantitative estimate of drug-likeness (QED) is 0.580. The van der Waals surface area contributed by atoms with Crippen molar-refractivity contribution in [1.82, 2.24) is 0 Å². The molecular formula is C16H14O. The van der Waals surface area contributed by atoms with Gasteiger partial charge in [-0.05, 0) is 42.3 Å². The Hall–Kier alpha value is -2.02. The average Bonchev–Trinajstić information content (AvgIpc) is 2.68. The molecule has 1 heterocycles. The summed E-state index contributed by atoms with van der Waals surface area (Å²) in [5.41, 5.74) is 2.41. The number of fused-ring (bicyclic) bond motifs is 1. The molecule has 2 aromatic carbocycles. The first-order valence-corrected chi connectivity index (χ1v) is 5.80. The van der Waals surface area contributed by atoms with Gasteiger partial charge in [0.2, 0.25) is 0 Å². The minimum absolute atomic E-state index is 0.964. The number of benzene rings is 2. The minimum Gasteiger partial charge on any atom is -0.466 e. The Morgan fingerprint density at radius 1 is 0.824 bits per heavy atom. The molecule has 0 aliphatic heterocycles. The zero-order valence-corrected chi connectivity index (χ0v) is 10.0. The molecule has 1 aromatic heterocycles. The van der Waals surface area contributed by atoms with E-state index in [9.17, 15) is 0 Å². The van der Waals surface area contributed by atoms with Crippen LogP contribution >= 0.6 is 0 Å². The third-order valence-corrected chi connectivity index (χ3v) is 3.10. The maximum absolute atomic E-state index is 5.58. The fraction of sp³-hybridized carbons (Fsp3) is 0.125. The molecular weight excluding hydrogens is 208 g/mol. The molecule has 3 aromatic rings. The standard InChI is InChI=1S/C16H14O/c1-11-9-16(12(2)17-11)15-8-7-13-5-3-4-6-14(13)10-15/h3-10H,1-2H3. The summed E-state index contributed by atoms with van der Waals surface area (Å²) in [5, 5.41) is 2.54. The number of hydrogen-bond acceptors (Lipinski definition) is 1. The molecule has 0 unspecified atom stereocenters. The molecule has 1 heteroatoms. The first kappa shape index (κ1) is 10.2. The van der Waals surface area contributed by atoms with Gasteiger partial charge in [-0.2, -0.15) is 0 Å². The van der Waals surface area contributed by atoms with Crippen LogP contribution in [-0.4, -0.2) is 0 Å². The van der Waals surface area contributed by atoms with Crippen molar-refractivity contribution in [1.29, 1.82) is 0 Å². The summed E-state index contributed by atoms with van der Waals surface area (Å²) in [5.74, 6) is 1.95. The first-order valence-electron chi connectivity index (χ1n) is 5.80. The second-order valence-electron chi connectivity index (χ2n) is 4.39. The molecule has 0 N–H and O–H groups in total. The summed E-state index contributed by atoms with van der Waals surface area (Å²) in [6.07, 6.45) is 0. The van der Waals surface area contributed by atoms with Crippen molar-refractivity contribution in [3.05, 3.63) is 60.1 Å². The van der Waals surface area contributed by atoms with Crippen LogP contribution in [-0.2, 0) is 0 Å². The fourth-order valence-electron chi connectivity index (χ4n) is 2.27. The largest absolute Gasteiger partial charge is 0.466 e. The highest BCUT2D eigenvalue weighted by molar-refractivity contribution is 5.87. The van der Waals surface area contributed by atoms with E-state index in [-0.39, 0.29) is 0 Å². The van der Waals surface area contributed by atoms with E-state index in [1.165, 1.54) is 21.9 Å². The van der Waals surface area contributed by atoms with Gasteiger partial charge in [0, 0.05) is 5.56 Å². The summed E-state index contributed by atoms with van der Waals surface area (Å²) >= 11 is 0. The molecule has 0 bridgehead atoms. The Morgan fingerprint density at radius 2 is 1.59 bits per heavy atom. The van der Waals surface area contributed by atoms with Crippen LogP contribution in [0.2, 0.25) is 0 Å². The van der Waals surface area contributed by atoms with E-state index >= 15 is 0 Å². The molecule has 84 valence electrons. The minimum atomic E-state index is 0.964. The molecule has 0 aliphatic carbocycles. The topological polar surface area (TPSA) is 13.1 Å². The van der Waals surface area contributed by atoms with Crippen molar-refractivity contribution >= 4 is 10.8 Å². The third-order valence-electron chi connectivity index (χ3n) is 3.10. The lowest BCUT2D eigenvalue weighted by atomic mass is 10.0. The van der Waals surface area contributed by atoms with Crippen LogP contribution in [0.4, 0.5) is 0 Å². The lowest BCUT2D eigenvalue weighted by molar-refractivity contribution is 0.505. The molecule has 0 radical (unpaired) electrons. The number of hydrogen-bond donors (Lipinski definition) is 0. The Balaban J connectivity index is 2.21. The van der Waals surface area contributed by atoms with Gasteiger partial charge in [0.05, 0.1) is 0 Å². The third kappa shape index (κ3) is 1.74. The van der Waals surface area contributed by atoms with Gasteiger partial charge in [0.1, 0.15) is 11.5 Å². The van der Waals surface area contributed by atoms with E-state index in [0.717, 1.165) is 11.5 Å². The van der Waals surface area contributed by atoms with Crippen molar-refractivity contribution in [2.45, 2.75) is 13.8 Å². The highest BCUT2D eigenvalue weighted by Crippen LogP contribution is 2.29. The van der Waals surface area contributed by atoms with E-state index in [4.69, 9.17) is 4.42 Å². The first-order chi connectivity index (χ1) is 8.24. The molecule has 0 fully saturated rings. The van der Waals surface area contributed by atoms with Gasteiger partial charge < -0.3 is 4.42 Å². The van der Waals surface area contributed by atoms with Crippen LogP contribution < -0.4 is 0 Å². The molecule has 1 nitrogen and oxygen atoms in total. The number of rotatable bonds is 1. The monoisotopic (exact) mass is 222 g/mol. The number of furan rings is 1. The molecule has 0 saturated heterocycles. The van der Waals surface area contributed by atoms with Gasteiger partial charge in [-0.15, -0.1) is 0 Å². The average molecular weight is 222 g/mol. The number of aryl methyl sites for hydroxylation is 2. The normalized spacial score (nSPS) is 10.9. The highest BCUT2D eigenvalue weighted by atomic mass is 16.3. The van der Waals surface area contributed by atoms with Crippen molar-refractivity contribution < 1.29 is 4.42 Å². The van der Waals surface area contributed by atoms with E-state index < -0.39 is 0 Å². The second kappa shape index (κ2) is 3.77. The van der Waals surface area contributed by atoms with E-state index in [1.807, 2.05) is 13.8 Å². The molecule has 0 atom stereocenters. The Morgan fingerprint density at radius 3 is 2.29 bits per heavy atom. The molecule has 0 spiro atoms. The molecule has 0 saturated carbocycles. The predicted octanol–water partition coefficient (Wildman–Crippen LogP) is 4.72. The molecule has 17 heavy (non-hydrogen) atoms. The van der Waals surface area contributed by atoms with E-state index in [2.05, 4.69) is 48.5 Å². The van der Waals surface area contributed by atoms with E-state index in [0.29, 0.717) is 0 Å². The lowest BCUT2D eigenvalue weighted by Gasteiger charge is -2.02. The van der Waals surface area contributed by atoms with Crippen LogP contribution in [0, 0.1) is 13.8 Å². The fourth-order valence-corrected chi connectivity index (χ4v) is 2.27. The Bertz CT molecular complexity index is 677. The van der Waals surface area contributed by atoms with Crippen LogP contribution in [0.3, 0.4) is 0 Å². The summed E-state index contributed by atoms with van der Waals surface area (Å²) in [6.45, 7) is 4.00.